The second-order valence-electron chi connectivity index (χ2n) is 2.89. The Kier molecular flexibility index (Phi) is 2.85. The Hall–Kier alpha value is -1.15. The maximum atomic E-state index is 12.6. The van der Waals surface area contributed by atoms with Crippen LogP contribution in [-0.2, 0) is 4.79 Å². The number of hydrogen-bond donors (Lipinski definition) is 1. The number of aromatic nitrogens is 2. The van der Waals surface area contributed by atoms with E-state index in [1.165, 1.54) is 6.07 Å². The maximum absolute atomic E-state index is 12.6. The first-order valence-corrected chi connectivity index (χ1v) is 5.60. The van der Waals surface area contributed by atoms with Crippen LogP contribution in [0.1, 0.15) is 0 Å². The van der Waals surface area contributed by atoms with Gasteiger partial charge in [0.2, 0.25) is 0 Å². The van der Waals surface area contributed by atoms with Crippen LogP contribution in [-0.4, -0.2) is 19.5 Å². The zero-order valence-corrected chi connectivity index (χ0v) is 9.98. The molecule has 0 aliphatic rings. The molecule has 0 saturated heterocycles. The van der Waals surface area contributed by atoms with Gasteiger partial charge in [0.25, 0.3) is 0 Å². The lowest BCUT2D eigenvalue weighted by atomic mass is 10.2. The van der Waals surface area contributed by atoms with Crippen LogP contribution in [0.3, 0.4) is 0 Å². The number of carbonyl (C=O) groups excluding carboxylic acids is 1. The predicted molar refractivity (Wildman–Crippen MR) is 59.9 cm³/mol. The monoisotopic (exact) mass is 307 g/mol. The number of hydrogen-bond acceptors (Lipinski definition) is 4. The first-order chi connectivity index (χ1) is 7.48. The van der Waals surface area contributed by atoms with Crippen molar-refractivity contribution in [1.82, 2.24) is 8.75 Å². The quantitative estimate of drug-likeness (QED) is 0.868. The van der Waals surface area contributed by atoms with Crippen molar-refractivity contribution in [2.45, 2.75) is 4.83 Å². The van der Waals surface area contributed by atoms with Crippen molar-refractivity contribution in [2.24, 2.45) is 0 Å². The van der Waals surface area contributed by atoms with E-state index in [-0.39, 0.29) is 5.69 Å². The highest BCUT2D eigenvalue weighted by atomic mass is 79.9. The van der Waals surface area contributed by atoms with E-state index < -0.39 is 10.7 Å². The van der Waals surface area contributed by atoms with Gasteiger partial charge in [-0.25, -0.2) is 0 Å². The van der Waals surface area contributed by atoms with Gasteiger partial charge in [-0.2, -0.15) is 17.5 Å². The Bertz CT molecular complexity index is 539. The fourth-order valence-electron chi connectivity index (χ4n) is 1.10. The molecule has 16 heavy (non-hydrogen) atoms. The summed E-state index contributed by atoms with van der Waals surface area (Å²) in [5.41, 5.74) is 1.17. The summed E-state index contributed by atoms with van der Waals surface area (Å²) in [5, 5.41) is 2.08. The van der Waals surface area contributed by atoms with Gasteiger partial charge < -0.3 is 5.32 Å². The van der Waals surface area contributed by atoms with E-state index in [4.69, 9.17) is 0 Å². The summed E-state index contributed by atoms with van der Waals surface area (Å²) in [4.78, 5) is 7.45. The fourth-order valence-corrected chi connectivity index (χ4v) is 1.75. The third kappa shape index (κ3) is 2.17. The van der Waals surface area contributed by atoms with Crippen LogP contribution in [0.5, 0.6) is 0 Å². The first-order valence-electron chi connectivity index (χ1n) is 4.08. The second kappa shape index (κ2) is 4.02. The molecule has 84 valence electrons. The number of carbonyl (C=O) groups is 1. The lowest BCUT2D eigenvalue weighted by Crippen LogP contribution is -2.28. The molecule has 2 aromatic rings. The summed E-state index contributed by atoms with van der Waals surface area (Å²) < 4.78 is 33.0. The van der Waals surface area contributed by atoms with Gasteiger partial charge in [0, 0.05) is 15.9 Å². The zero-order valence-electron chi connectivity index (χ0n) is 7.58. The van der Waals surface area contributed by atoms with Gasteiger partial charge in [0.15, 0.2) is 0 Å². The third-order valence-corrected chi connectivity index (χ3v) is 2.69. The van der Waals surface area contributed by atoms with E-state index in [0.29, 0.717) is 11.0 Å². The highest BCUT2D eigenvalue weighted by molar-refractivity contribution is 9.10. The molecule has 1 N–H and O–H groups in total. The Morgan fingerprint density at radius 3 is 2.88 bits per heavy atom. The van der Waals surface area contributed by atoms with Crippen LogP contribution in [0, 0.1) is 0 Å². The average molecular weight is 308 g/mol. The number of benzene rings is 1. The van der Waals surface area contributed by atoms with E-state index in [1.54, 1.807) is 12.1 Å². The van der Waals surface area contributed by atoms with Crippen LogP contribution in [0.25, 0.3) is 11.0 Å². The van der Waals surface area contributed by atoms with Crippen LogP contribution in [0.2, 0.25) is 0 Å². The molecule has 0 radical (unpaired) electrons. The number of amides is 1. The summed E-state index contributed by atoms with van der Waals surface area (Å²) in [7, 11) is 0. The lowest BCUT2D eigenvalue weighted by Gasteiger charge is -2.09. The average Bonchev–Trinajstić information content (AvgIpc) is 2.65. The number of nitrogens with one attached hydrogen (secondary N) is 1. The van der Waals surface area contributed by atoms with E-state index in [9.17, 15) is 13.6 Å². The van der Waals surface area contributed by atoms with E-state index in [2.05, 4.69) is 14.1 Å². The molecule has 0 aliphatic carbocycles. The molecular formula is C8H4BrF2N3OS. The third-order valence-electron chi connectivity index (χ3n) is 1.79. The minimum absolute atomic E-state index is 0.218. The number of nitrogens with zero attached hydrogens (tertiary/aromatic N) is 2. The van der Waals surface area contributed by atoms with Gasteiger partial charge in [-0.3, -0.25) is 4.79 Å². The lowest BCUT2D eigenvalue weighted by molar-refractivity contribution is -0.128. The highest BCUT2D eigenvalue weighted by Crippen LogP contribution is 2.26. The van der Waals surface area contributed by atoms with Crippen LogP contribution in [0.15, 0.2) is 18.2 Å². The van der Waals surface area contributed by atoms with Crippen LogP contribution in [0.4, 0.5) is 14.5 Å². The highest BCUT2D eigenvalue weighted by Gasteiger charge is 2.35. The molecule has 0 bridgehead atoms. The molecule has 0 atom stereocenters. The molecule has 2 rings (SSSR count). The predicted octanol–water partition coefficient (Wildman–Crippen LogP) is 2.62. The fraction of sp³-hybridized carbons (Fsp3) is 0.125. The summed E-state index contributed by atoms with van der Waals surface area (Å²) in [6, 6.07) is 4.77. The van der Waals surface area contributed by atoms with E-state index >= 15 is 0 Å². The zero-order chi connectivity index (χ0) is 11.8. The maximum Gasteiger partial charge on any atom is 0.378 e. The summed E-state index contributed by atoms with van der Waals surface area (Å²) in [6.07, 6.45) is 0. The molecule has 1 aromatic carbocycles. The van der Waals surface area contributed by atoms with E-state index in [1.807, 2.05) is 15.9 Å². The van der Waals surface area contributed by atoms with Crippen molar-refractivity contribution in [3.8, 4) is 0 Å². The Labute approximate surface area is 101 Å². The number of anilines is 1. The number of halogens is 3. The van der Waals surface area contributed by atoms with Crippen molar-refractivity contribution in [1.29, 1.82) is 0 Å². The normalized spacial score (nSPS) is 11.7. The Morgan fingerprint density at radius 1 is 1.44 bits per heavy atom. The van der Waals surface area contributed by atoms with E-state index in [0.717, 1.165) is 11.7 Å². The molecule has 0 unspecified atom stereocenters. The van der Waals surface area contributed by atoms with Gasteiger partial charge in [-0.15, -0.1) is 0 Å². The summed E-state index contributed by atoms with van der Waals surface area (Å²) in [6.45, 7) is 0. The van der Waals surface area contributed by atoms with Crippen LogP contribution >= 0.6 is 27.7 Å². The number of fused-ring (bicyclic) bond motifs is 1. The smallest absolute Gasteiger partial charge is 0.318 e. The van der Waals surface area contributed by atoms with Gasteiger partial charge in [-0.05, 0) is 12.1 Å². The molecular weight excluding hydrogens is 304 g/mol. The topological polar surface area (TPSA) is 54.9 Å². The molecule has 8 heteroatoms. The Balaban J connectivity index is 2.35. The summed E-state index contributed by atoms with van der Waals surface area (Å²) >= 11 is 2.93. The minimum Gasteiger partial charge on any atom is -0.318 e. The van der Waals surface area contributed by atoms with Crippen molar-refractivity contribution >= 4 is 50.3 Å². The molecule has 0 spiro atoms. The molecule has 1 heterocycles. The molecule has 0 aliphatic heterocycles. The van der Waals surface area contributed by atoms with Gasteiger partial charge >= 0.3 is 10.7 Å². The second-order valence-corrected chi connectivity index (χ2v) is 4.41. The van der Waals surface area contributed by atoms with Crippen molar-refractivity contribution < 1.29 is 13.6 Å². The van der Waals surface area contributed by atoms with Gasteiger partial charge in [0.05, 0.1) is 17.4 Å². The SMILES string of the molecule is O=C(Nc1cccc2nsnc12)C(F)(F)Br. The number of rotatable bonds is 2. The standard InChI is InChI=1S/C8H4BrF2N3OS/c9-8(10,11)7(15)12-4-2-1-3-5-6(4)14-16-13-5/h1-3H,(H,12,15). The first kappa shape index (κ1) is 11.3. The van der Waals surface area contributed by atoms with Crippen molar-refractivity contribution in [3.05, 3.63) is 18.2 Å². The molecule has 1 amide bonds. The van der Waals surface area contributed by atoms with Gasteiger partial charge in [0.1, 0.15) is 11.0 Å². The van der Waals surface area contributed by atoms with Crippen molar-refractivity contribution in [3.63, 3.8) is 0 Å². The van der Waals surface area contributed by atoms with Crippen molar-refractivity contribution in [2.75, 3.05) is 5.32 Å². The molecule has 4 nitrogen and oxygen atoms in total. The molecule has 0 fully saturated rings. The van der Waals surface area contributed by atoms with Gasteiger partial charge in [-0.1, -0.05) is 6.07 Å². The van der Waals surface area contributed by atoms with Crippen LogP contribution < -0.4 is 5.32 Å². The number of alkyl halides is 3. The largest absolute Gasteiger partial charge is 0.378 e. The Morgan fingerprint density at radius 2 is 2.19 bits per heavy atom. The summed E-state index contributed by atoms with van der Waals surface area (Å²) in [5.74, 6) is -1.44. The molecule has 0 saturated carbocycles. The molecule has 1 aromatic heterocycles. The minimum atomic E-state index is -3.60.